The molecule has 0 atom stereocenters. The second kappa shape index (κ2) is 10.9. The molecular formula is C28H28ClN5O2. The number of fused-ring (bicyclic) bond motifs is 1. The van der Waals surface area contributed by atoms with Gasteiger partial charge in [0, 0.05) is 61.1 Å². The summed E-state index contributed by atoms with van der Waals surface area (Å²) in [5, 5.41) is 4.71. The standard InChI is InChI=1S/C28H28ClN5O2/c29-24-3-1-21(2-4-24)19-34-25(17-23-8-13-31-18-26(23)34)28(36)33-15-9-22(10-16-33)27(35)32-14-7-20-5-11-30-12-6-20/h1-6,8,11-13,17-18,22H,7,9-10,14-16,19H2,(H,32,35). The van der Waals surface area contributed by atoms with E-state index in [4.69, 9.17) is 11.6 Å². The average Bonchev–Trinajstić information content (AvgIpc) is 3.28. The highest BCUT2D eigenvalue weighted by Gasteiger charge is 2.29. The summed E-state index contributed by atoms with van der Waals surface area (Å²) in [5.74, 6) is -0.0218. The number of piperidine rings is 1. The molecule has 0 unspecified atom stereocenters. The molecular weight excluding hydrogens is 474 g/mol. The molecule has 2 amide bonds. The van der Waals surface area contributed by atoms with Crippen molar-refractivity contribution in [2.24, 2.45) is 5.92 Å². The van der Waals surface area contributed by atoms with Crippen LogP contribution in [-0.2, 0) is 17.8 Å². The lowest BCUT2D eigenvalue weighted by molar-refractivity contribution is -0.126. The van der Waals surface area contributed by atoms with Gasteiger partial charge in [0.1, 0.15) is 5.69 Å². The Kier molecular flexibility index (Phi) is 7.28. The number of aromatic nitrogens is 3. The van der Waals surface area contributed by atoms with Gasteiger partial charge in [-0.3, -0.25) is 19.6 Å². The largest absolute Gasteiger partial charge is 0.356 e. The lowest BCUT2D eigenvalue weighted by Crippen LogP contribution is -2.43. The molecule has 8 heteroatoms. The van der Waals surface area contributed by atoms with Crippen molar-refractivity contribution in [2.45, 2.75) is 25.8 Å². The molecule has 5 rings (SSSR count). The van der Waals surface area contributed by atoms with Crippen molar-refractivity contribution in [3.05, 3.63) is 95.2 Å². The monoisotopic (exact) mass is 501 g/mol. The summed E-state index contributed by atoms with van der Waals surface area (Å²) < 4.78 is 2.02. The molecule has 1 aliphatic heterocycles. The molecule has 7 nitrogen and oxygen atoms in total. The summed E-state index contributed by atoms with van der Waals surface area (Å²) in [4.78, 5) is 36.4. The van der Waals surface area contributed by atoms with E-state index in [0.717, 1.165) is 28.5 Å². The summed E-state index contributed by atoms with van der Waals surface area (Å²) in [6.45, 7) is 2.26. The summed E-state index contributed by atoms with van der Waals surface area (Å²) in [6.07, 6.45) is 9.15. The molecule has 0 bridgehead atoms. The number of hydrogen-bond acceptors (Lipinski definition) is 4. The lowest BCUT2D eigenvalue weighted by Gasteiger charge is -2.31. The maximum Gasteiger partial charge on any atom is 0.270 e. The Morgan fingerprint density at radius 3 is 2.42 bits per heavy atom. The number of rotatable bonds is 7. The maximum atomic E-state index is 13.6. The van der Waals surface area contributed by atoms with Gasteiger partial charge in [0.2, 0.25) is 5.91 Å². The van der Waals surface area contributed by atoms with Crippen LogP contribution >= 0.6 is 11.6 Å². The van der Waals surface area contributed by atoms with Gasteiger partial charge in [-0.2, -0.15) is 0 Å². The van der Waals surface area contributed by atoms with Crippen LogP contribution in [0.1, 0.15) is 34.5 Å². The van der Waals surface area contributed by atoms with Crippen LogP contribution in [0.5, 0.6) is 0 Å². The van der Waals surface area contributed by atoms with Crippen molar-refractivity contribution in [3.63, 3.8) is 0 Å². The van der Waals surface area contributed by atoms with Gasteiger partial charge in [-0.1, -0.05) is 23.7 Å². The summed E-state index contributed by atoms with van der Waals surface area (Å²) in [5.41, 5.74) is 3.75. The second-order valence-corrected chi connectivity index (χ2v) is 9.58. The topological polar surface area (TPSA) is 80.1 Å². The van der Waals surface area contributed by atoms with Crippen LogP contribution in [0, 0.1) is 5.92 Å². The predicted octanol–water partition coefficient (Wildman–Crippen LogP) is 4.34. The first-order valence-corrected chi connectivity index (χ1v) is 12.6. The number of amides is 2. The zero-order valence-corrected chi connectivity index (χ0v) is 20.7. The summed E-state index contributed by atoms with van der Waals surface area (Å²) >= 11 is 6.05. The van der Waals surface area contributed by atoms with E-state index < -0.39 is 0 Å². The Bertz CT molecular complexity index is 1350. The Morgan fingerprint density at radius 2 is 1.67 bits per heavy atom. The van der Waals surface area contributed by atoms with Gasteiger partial charge in [0.15, 0.2) is 0 Å². The molecule has 0 radical (unpaired) electrons. The van der Waals surface area contributed by atoms with Crippen molar-refractivity contribution in [3.8, 4) is 0 Å². The number of nitrogens with zero attached hydrogens (tertiary/aromatic N) is 4. The van der Waals surface area contributed by atoms with Gasteiger partial charge >= 0.3 is 0 Å². The molecule has 184 valence electrons. The fourth-order valence-electron chi connectivity index (χ4n) is 4.75. The van der Waals surface area contributed by atoms with E-state index in [1.54, 1.807) is 24.8 Å². The Hall–Kier alpha value is -3.71. The van der Waals surface area contributed by atoms with E-state index in [0.29, 0.717) is 49.7 Å². The van der Waals surface area contributed by atoms with Crippen molar-refractivity contribution in [2.75, 3.05) is 19.6 Å². The maximum absolute atomic E-state index is 13.6. The second-order valence-electron chi connectivity index (χ2n) is 9.14. The normalized spacial score (nSPS) is 14.2. The number of hydrogen-bond donors (Lipinski definition) is 1. The highest BCUT2D eigenvalue weighted by molar-refractivity contribution is 6.30. The number of halogens is 1. The molecule has 1 aromatic carbocycles. The molecule has 0 spiro atoms. The minimum Gasteiger partial charge on any atom is -0.356 e. The smallest absolute Gasteiger partial charge is 0.270 e. The van der Waals surface area contributed by atoms with Crippen molar-refractivity contribution in [1.82, 2.24) is 24.8 Å². The fraction of sp³-hybridized carbons (Fsp3) is 0.286. The molecule has 0 saturated carbocycles. The third-order valence-corrected chi connectivity index (χ3v) is 7.05. The molecule has 1 saturated heterocycles. The number of nitrogens with one attached hydrogen (secondary N) is 1. The van der Waals surface area contributed by atoms with Crippen LogP contribution in [0.2, 0.25) is 5.02 Å². The Balaban J connectivity index is 1.23. The zero-order chi connectivity index (χ0) is 24.9. The van der Waals surface area contributed by atoms with E-state index >= 15 is 0 Å². The first kappa shape index (κ1) is 24.0. The highest BCUT2D eigenvalue weighted by Crippen LogP contribution is 2.25. The van der Waals surface area contributed by atoms with Gasteiger partial charge in [0.05, 0.1) is 11.7 Å². The summed E-state index contributed by atoms with van der Waals surface area (Å²) in [7, 11) is 0. The van der Waals surface area contributed by atoms with E-state index in [-0.39, 0.29) is 17.7 Å². The first-order chi connectivity index (χ1) is 17.6. The third kappa shape index (κ3) is 5.41. The van der Waals surface area contributed by atoms with Gasteiger partial charge in [0.25, 0.3) is 5.91 Å². The van der Waals surface area contributed by atoms with Crippen molar-refractivity contribution < 1.29 is 9.59 Å². The van der Waals surface area contributed by atoms with Gasteiger partial charge in [-0.05, 0) is 66.8 Å². The molecule has 1 fully saturated rings. The molecule has 4 heterocycles. The third-order valence-electron chi connectivity index (χ3n) is 6.79. The van der Waals surface area contributed by atoms with Crippen LogP contribution in [0.3, 0.4) is 0 Å². The van der Waals surface area contributed by atoms with Gasteiger partial charge in [-0.25, -0.2) is 0 Å². The number of benzene rings is 1. The van der Waals surface area contributed by atoms with Crippen LogP contribution in [-0.4, -0.2) is 50.9 Å². The van der Waals surface area contributed by atoms with E-state index in [1.807, 2.05) is 58.0 Å². The van der Waals surface area contributed by atoms with Crippen molar-refractivity contribution >= 4 is 34.3 Å². The molecule has 1 N–H and O–H groups in total. The number of likely N-dealkylation sites (tertiary alicyclic amines) is 1. The van der Waals surface area contributed by atoms with Gasteiger partial charge in [-0.15, -0.1) is 0 Å². The van der Waals surface area contributed by atoms with E-state index in [9.17, 15) is 9.59 Å². The quantitative estimate of drug-likeness (QED) is 0.408. The van der Waals surface area contributed by atoms with E-state index in [1.165, 1.54) is 0 Å². The predicted molar refractivity (Wildman–Crippen MR) is 140 cm³/mol. The minimum absolute atomic E-state index is 0.0169. The Morgan fingerprint density at radius 1 is 0.944 bits per heavy atom. The molecule has 36 heavy (non-hydrogen) atoms. The van der Waals surface area contributed by atoms with Gasteiger partial charge < -0.3 is 14.8 Å². The minimum atomic E-state index is -0.0735. The summed E-state index contributed by atoms with van der Waals surface area (Å²) in [6, 6.07) is 15.4. The Labute approximate surface area is 215 Å². The number of carbonyl (C=O) groups is 2. The number of pyridine rings is 2. The van der Waals surface area contributed by atoms with Crippen LogP contribution in [0.25, 0.3) is 10.9 Å². The SMILES string of the molecule is O=C(NCCc1ccncc1)C1CCN(C(=O)c2cc3ccncc3n2Cc2ccc(Cl)cc2)CC1. The highest BCUT2D eigenvalue weighted by atomic mass is 35.5. The lowest BCUT2D eigenvalue weighted by atomic mass is 9.95. The van der Waals surface area contributed by atoms with Crippen LogP contribution < -0.4 is 5.32 Å². The average molecular weight is 502 g/mol. The molecule has 4 aromatic rings. The molecule has 0 aliphatic carbocycles. The molecule has 1 aliphatic rings. The fourth-order valence-corrected chi connectivity index (χ4v) is 4.88. The van der Waals surface area contributed by atoms with Crippen LogP contribution in [0.15, 0.2) is 73.3 Å². The van der Waals surface area contributed by atoms with Crippen molar-refractivity contribution in [1.29, 1.82) is 0 Å². The zero-order valence-electron chi connectivity index (χ0n) is 19.9. The first-order valence-electron chi connectivity index (χ1n) is 12.2. The molecule has 3 aromatic heterocycles. The number of carbonyl (C=O) groups excluding carboxylic acids is 2. The van der Waals surface area contributed by atoms with Crippen LogP contribution in [0.4, 0.5) is 0 Å². The van der Waals surface area contributed by atoms with E-state index in [2.05, 4.69) is 15.3 Å².